The summed E-state index contributed by atoms with van der Waals surface area (Å²) in [6, 6.07) is 21.8. The minimum Gasteiger partial charge on any atom is -0.302 e. The van der Waals surface area contributed by atoms with Gasteiger partial charge in [0.25, 0.3) is 0 Å². The standard InChI is InChI=1S/C26H26N4/c1-18-21(16-19-10-4-2-5-11-19)25(28-20-12-6-3-7-13-20)30-24-15-9-8-14-23(24)29-26(30)22(18)17-27/h2,4-5,8-11,14-15,20H,3,6-7,12-13,16H2,1H3,(H,28,29)/p+1. The zero-order chi connectivity index (χ0) is 20.5. The second kappa shape index (κ2) is 7.84. The van der Waals surface area contributed by atoms with Crippen molar-refractivity contribution in [1.82, 2.24) is 4.98 Å². The largest absolute Gasteiger partial charge is 0.302 e. The summed E-state index contributed by atoms with van der Waals surface area (Å²) in [5.74, 6) is 1.13. The number of pyridine rings is 1. The number of hydrogen-bond acceptors (Lipinski definition) is 2. The molecule has 0 unspecified atom stereocenters. The second-order valence-corrected chi connectivity index (χ2v) is 8.41. The minimum absolute atomic E-state index is 0.477. The molecule has 2 aromatic heterocycles. The van der Waals surface area contributed by atoms with Crippen molar-refractivity contribution in [2.45, 2.75) is 51.5 Å². The summed E-state index contributed by atoms with van der Waals surface area (Å²) < 4.78 is 2.24. The molecule has 5 rings (SSSR count). The maximum Gasteiger partial charge on any atom is 0.250 e. The van der Waals surface area contributed by atoms with Crippen LogP contribution in [0.3, 0.4) is 0 Å². The molecule has 2 N–H and O–H groups in total. The number of rotatable bonds is 4. The molecule has 1 saturated carbocycles. The number of nitriles is 1. The predicted octanol–water partition coefficient (Wildman–Crippen LogP) is 5.42. The number of fused-ring (bicyclic) bond motifs is 3. The molecule has 1 aliphatic carbocycles. The second-order valence-electron chi connectivity index (χ2n) is 8.41. The Kier molecular flexibility index (Phi) is 4.88. The third-order valence-electron chi connectivity index (χ3n) is 6.48. The molecule has 0 saturated heterocycles. The molecule has 1 aliphatic rings. The van der Waals surface area contributed by atoms with Gasteiger partial charge in [-0.25, -0.2) is 0 Å². The molecule has 150 valence electrons. The van der Waals surface area contributed by atoms with E-state index in [1.165, 1.54) is 43.2 Å². The van der Waals surface area contributed by atoms with Gasteiger partial charge in [-0.05, 0) is 43.0 Å². The average molecular weight is 396 g/mol. The number of para-hydroxylation sites is 2. The highest BCUT2D eigenvalue weighted by molar-refractivity contribution is 5.78. The Morgan fingerprint density at radius 1 is 1.03 bits per heavy atom. The Hall–Kier alpha value is -3.32. The van der Waals surface area contributed by atoms with Gasteiger partial charge in [-0.15, -0.1) is 0 Å². The summed E-state index contributed by atoms with van der Waals surface area (Å²) in [5.41, 5.74) is 7.30. The molecule has 0 radical (unpaired) electrons. The average Bonchev–Trinajstić information content (AvgIpc) is 3.17. The van der Waals surface area contributed by atoms with E-state index in [9.17, 15) is 5.26 Å². The van der Waals surface area contributed by atoms with E-state index >= 15 is 0 Å². The van der Waals surface area contributed by atoms with Crippen molar-refractivity contribution in [3.8, 4) is 6.07 Å². The third kappa shape index (κ3) is 3.21. The number of nitrogens with zero attached hydrogens (tertiary/aromatic N) is 2. The van der Waals surface area contributed by atoms with Crippen LogP contribution in [-0.2, 0) is 6.42 Å². The molecule has 1 fully saturated rings. The molecule has 0 amide bonds. The molecule has 4 nitrogen and oxygen atoms in total. The smallest absolute Gasteiger partial charge is 0.250 e. The number of aromatic nitrogens is 2. The first kappa shape index (κ1) is 18.7. The minimum atomic E-state index is 0.477. The van der Waals surface area contributed by atoms with Gasteiger partial charge in [0.15, 0.2) is 0 Å². The van der Waals surface area contributed by atoms with Gasteiger partial charge in [0.05, 0.1) is 6.04 Å². The van der Waals surface area contributed by atoms with E-state index < -0.39 is 0 Å². The van der Waals surface area contributed by atoms with Crippen LogP contribution in [0.1, 0.15) is 54.4 Å². The van der Waals surface area contributed by atoms with Gasteiger partial charge in [0.1, 0.15) is 22.7 Å². The van der Waals surface area contributed by atoms with Crippen molar-refractivity contribution in [2.24, 2.45) is 0 Å². The van der Waals surface area contributed by atoms with Crippen LogP contribution in [0, 0.1) is 18.3 Å². The fourth-order valence-corrected chi connectivity index (χ4v) is 4.87. The summed E-state index contributed by atoms with van der Waals surface area (Å²) in [6.07, 6.45) is 7.10. The van der Waals surface area contributed by atoms with Gasteiger partial charge in [0, 0.05) is 12.0 Å². The number of H-pyrrole nitrogens is 1. The van der Waals surface area contributed by atoms with Crippen LogP contribution in [0.4, 0.5) is 5.82 Å². The summed E-state index contributed by atoms with van der Waals surface area (Å²) in [6.45, 7) is 2.09. The molecule has 4 aromatic rings. The fraction of sp³-hybridized carbons (Fsp3) is 0.308. The van der Waals surface area contributed by atoms with Gasteiger partial charge in [-0.1, -0.05) is 61.7 Å². The summed E-state index contributed by atoms with van der Waals surface area (Å²) in [4.78, 5) is 3.51. The van der Waals surface area contributed by atoms with Crippen molar-refractivity contribution in [3.63, 3.8) is 0 Å². The fourth-order valence-electron chi connectivity index (χ4n) is 4.87. The van der Waals surface area contributed by atoms with Gasteiger partial charge in [0.2, 0.25) is 11.5 Å². The van der Waals surface area contributed by atoms with E-state index in [0.29, 0.717) is 6.04 Å². The Labute approximate surface area is 177 Å². The first-order chi connectivity index (χ1) is 14.8. The van der Waals surface area contributed by atoms with E-state index in [4.69, 9.17) is 0 Å². The quantitative estimate of drug-likeness (QED) is 0.453. The number of nitrogens with one attached hydrogen (secondary N) is 2. The van der Waals surface area contributed by atoms with Gasteiger partial charge in [-0.3, -0.25) is 4.98 Å². The molecule has 2 aromatic carbocycles. The normalized spacial score (nSPS) is 14.8. The van der Waals surface area contributed by atoms with E-state index in [-0.39, 0.29) is 0 Å². The molecule has 30 heavy (non-hydrogen) atoms. The highest BCUT2D eigenvalue weighted by Gasteiger charge is 2.28. The van der Waals surface area contributed by atoms with Crippen LogP contribution in [0.25, 0.3) is 16.7 Å². The SMILES string of the molecule is Cc1c(Cc2ccccc2)c(NC2CCCCC2)[n+]2c([nH]c3ccccc32)c1C#N. The Bertz CT molecular complexity index is 1240. The maximum atomic E-state index is 10.0. The van der Waals surface area contributed by atoms with Crippen LogP contribution in [0.15, 0.2) is 54.6 Å². The van der Waals surface area contributed by atoms with Gasteiger partial charge >= 0.3 is 0 Å². The first-order valence-corrected chi connectivity index (χ1v) is 10.9. The number of benzene rings is 2. The van der Waals surface area contributed by atoms with Crippen LogP contribution >= 0.6 is 0 Å². The number of hydrogen-bond donors (Lipinski definition) is 2. The summed E-state index contributed by atoms with van der Waals surface area (Å²) >= 11 is 0. The molecule has 0 spiro atoms. The molecule has 0 bridgehead atoms. The van der Waals surface area contributed by atoms with Crippen LogP contribution in [0.2, 0.25) is 0 Å². The predicted molar refractivity (Wildman–Crippen MR) is 121 cm³/mol. The topological polar surface area (TPSA) is 55.7 Å². The number of imidazole rings is 1. The lowest BCUT2D eigenvalue weighted by Gasteiger charge is -2.23. The van der Waals surface area contributed by atoms with Crippen molar-refractivity contribution in [2.75, 3.05) is 5.32 Å². The van der Waals surface area contributed by atoms with Crippen LogP contribution in [0.5, 0.6) is 0 Å². The van der Waals surface area contributed by atoms with Crippen LogP contribution in [-0.4, -0.2) is 11.0 Å². The highest BCUT2D eigenvalue weighted by atomic mass is 15.1. The lowest BCUT2D eigenvalue weighted by molar-refractivity contribution is -0.465. The molecule has 0 aliphatic heterocycles. The van der Waals surface area contributed by atoms with E-state index in [2.05, 4.69) is 76.2 Å². The zero-order valence-electron chi connectivity index (χ0n) is 17.4. The Balaban J connectivity index is 1.78. The molecular formula is C26H27N4+. The maximum absolute atomic E-state index is 10.0. The van der Waals surface area contributed by atoms with Gasteiger partial charge < -0.3 is 5.32 Å². The highest BCUT2D eigenvalue weighted by Crippen LogP contribution is 2.30. The molecule has 2 heterocycles. The van der Waals surface area contributed by atoms with Crippen molar-refractivity contribution in [1.29, 1.82) is 5.26 Å². The van der Waals surface area contributed by atoms with E-state index in [0.717, 1.165) is 40.0 Å². The zero-order valence-corrected chi connectivity index (χ0v) is 17.4. The summed E-state index contributed by atoms with van der Waals surface area (Å²) in [7, 11) is 0. The third-order valence-corrected chi connectivity index (χ3v) is 6.48. The molecule has 0 atom stereocenters. The number of aromatic amines is 1. The first-order valence-electron chi connectivity index (χ1n) is 10.9. The Morgan fingerprint density at radius 2 is 1.77 bits per heavy atom. The van der Waals surface area contributed by atoms with Crippen molar-refractivity contribution >= 4 is 22.5 Å². The van der Waals surface area contributed by atoms with Crippen molar-refractivity contribution in [3.05, 3.63) is 76.9 Å². The van der Waals surface area contributed by atoms with Gasteiger partial charge in [-0.2, -0.15) is 9.66 Å². The van der Waals surface area contributed by atoms with E-state index in [1.54, 1.807) is 0 Å². The number of anilines is 1. The summed E-state index contributed by atoms with van der Waals surface area (Å²) in [5, 5.41) is 14.0. The molecular weight excluding hydrogens is 368 g/mol. The molecule has 4 heteroatoms. The lowest BCUT2D eigenvalue weighted by Crippen LogP contribution is -2.34. The van der Waals surface area contributed by atoms with Crippen molar-refractivity contribution < 1.29 is 4.40 Å². The monoisotopic (exact) mass is 395 g/mol. The lowest BCUT2D eigenvalue weighted by atomic mass is 9.94. The van der Waals surface area contributed by atoms with Crippen LogP contribution < -0.4 is 9.72 Å². The van der Waals surface area contributed by atoms with E-state index in [1.807, 2.05) is 6.07 Å². The Morgan fingerprint density at radius 3 is 2.53 bits per heavy atom.